The molecule has 1 N–H and O–H groups in total. The SMILES string of the molecule is OC(C1CN2CCCC2CO1)C1CCc2cccnc21. The number of rotatable bonds is 2. The molecule has 0 spiro atoms. The van der Waals surface area contributed by atoms with Gasteiger partial charge in [-0.05, 0) is 43.9 Å². The second-order valence-electron chi connectivity index (χ2n) is 6.35. The van der Waals surface area contributed by atoms with Crippen molar-refractivity contribution < 1.29 is 9.84 Å². The average Bonchev–Trinajstić information content (AvgIpc) is 3.12. The van der Waals surface area contributed by atoms with Crippen LogP contribution in [0.3, 0.4) is 0 Å². The van der Waals surface area contributed by atoms with Crippen LogP contribution in [0.1, 0.15) is 36.4 Å². The number of nitrogens with zero attached hydrogens (tertiary/aromatic N) is 2. The maximum absolute atomic E-state index is 10.7. The van der Waals surface area contributed by atoms with Crippen LogP contribution in [0.2, 0.25) is 0 Å². The number of aliphatic hydroxyl groups excluding tert-OH is 1. The molecular weight excluding hydrogens is 252 g/mol. The summed E-state index contributed by atoms with van der Waals surface area (Å²) in [5.41, 5.74) is 2.39. The molecule has 108 valence electrons. The Morgan fingerprint density at radius 3 is 3.30 bits per heavy atom. The molecule has 3 heterocycles. The minimum absolute atomic E-state index is 0.0534. The highest BCUT2D eigenvalue weighted by molar-refractivity contribution is 5.29. The number of aliphatic hydroxyl groups is 1. The standard InChI is InChI=1S/C16H22N2O2/c19-16(13-6-5-11-3-1-7-17-15(11)13)14-9-18-8-2-4-12(18)10-20-14/h1,3,7,12-14,16,19H,2,4-6,8-10H2. The number of pyridine rings is 1. The molecule has 0 bridgehead atoms. The Morgan fingerprint density at radius 1 is 1.40 bits per heavy atom. The predicted molar refractivity (Wildman–Crippen MR) is 75.6 cm³/mol. The third kappa shape index (κ3) is 2.07. The molecule has 1 aromatic heterocycles. The van der Waals surface area contributed by atoms with Crippen molar-refractivity contribution in [3.63, 3.8) is 0 Å². The average molecular weight is 274 g/mol. The van der Waals surface area contributed by atoms with E-state index in [2.05, 4.69) is 16.0 Å². The maximum atomic E-state index is 10.7. The molecule has 2 saturated heterocycles. The first-order valence-corrected chi connectivity index (χ1v) is 7.80. The zero-order valence-corrected chi connectivity index (χ0v) is 11.7. The minimum Gasteiger partial charge on any atom is -0.390 e. The summed E-state index contributed by atoms with van der Waals surface area (Å²) in [6, 6.07) is 4.71. The Bertz CT molecular complexity index is 493. The van der Waals surface area contributed by atoms with Gasteiger partial charge < -0.3 is 9.84 Å². The van der Waals surface area contributed by atoms with Crippen molar-refractivity contribution in [2.24, 2.45) is 0 Å². The molecule has 4 unspecified atom stereocenters. The predicted octanol–water partition coefficient (Wildman–Crippen LogP) is 1.34. The van der Waals surface area contributed by atoms with Crippen LogP contribution in [0.25, 0.3) is 0 Å². The second kappa shape index (κ2) is 5.10. The van der Waals surface area contributed by atoms with E-state index in [0.717, 1.165) is 38.2 Å². The zero-order chi connectivity index (χ0) is 13.5. The van der Waals surface area contributed by atoms with Crippen molar-refractivity contribution in [1.29, 1.82) is 0 Å². The fourth-order valence-electron chi connectivity index (χ4n) is 4.08. The molecule has 20 heavy (non-hydrogen) atoms. The van der Waals surface area contributed by atoms with E-state index in [0.29, 0.717) is 6.04 Å². The third-order valence-electron chi connectivity index (χ3n) is 5.21. The number of aryl methyl sites for hydroxylation is 1. The molecule has 0 radical (unpaired) electrons. The van der Waals surface area contributed by atoms with Crippen LogP contribution in [-0.2, 0) is 11.2 Å². The number of morpholine rings is 1. The summed E-state index contributed by atoms with van der Waals surface area (Å²) in [6.07, 6.45) is 5.90. The number of aromatic nitrogens is 1. The minimum atomic E-state index is -0.423. The van der Waals surface area contributed by atoms with E-state index in [4.69, 9.17) is 4.74 Å². The molecule has 4 nitrogen and oxygen atoms in total. The van der Waals surface area contributed by atoms with Gasteiger partial charge in [-0.3, -0.25) is 9.88 Å². The van der Waals surface area contributed by atoms with Crippen molar-refractivity contribution in [2.75, 3.05) is 19.7 Å². The third-order valence-corrected chi connectivity index (χ3v) is 5.21. The molecule has 4 atom stereocenters. The molecule has 3 aliphatic rings. The van der Waals surface area contributed by atoms with Crippen LogP contribution in [0.5, 0.6) is 0 Å². The lowest BCUT2D eigenvalue weighted by Crippen LogP contribution is -2.51. The smallest absolute Gasteiger partial charge is 0.0967 e. The van der Waals surface area contributed by atoms with E-state index >= 15 is 0 Å². The topological polar surface area (TPSA) is 45.6 Å². The summed E-state index contributed by atoms with van der Waals surface area (Å²) in [4.78, 5) is 6.99. The van der Waals surface area contributed by atoms with E-state index in [1.165, 1.54) is 18.4 Å². The first kappa shape index (κ1) is 12.7. The van der Waals surface area contributed by atoms with Gasteiger partial charge in [0.1, 0.15) is 0 Å². The maximum Gasteiger partial charge on any atom is 0.0967 e. The van der Waals surface area contributed by atoms with E-state index in [-0.39, 0.29) is 12.0 Å². The first-order chi connectivity index (χ1) is 9.83. The highest BCUT2D eigenvalue weighted by atomic mass is 16.5. The zero-order valence-electron chi connectivity index (χ0n) is 11.7. The van der Waals surface area contributed by atoms with Crippen LogP contribution in [0.4, 0.5) is 0 Å². The molecule has 2 aliphatic heterocycles. The molecule has 0 amide bonds. The molecule has 2 fully saturated rings. The van der Waals surface area contributed by atoms with Gasteiger partial charge in [0.2, 0.25) is 0 Å². The van der Waals surface area contributed by atoms with Gasteiger partial charge in [-0.2, -0.15) is 0 Å². The number of ether oxygens (including phenoxy) is 1. The van der Waals surface area contributed by atoms with Crippen LogP contribution in [-0.4, -0.2) is 52.9 Å². The van der Waals surface area contributed by atoms with Gasteiger partial charge >= 0.3 is 0 Å². The lowest BCUT2D eigenvalue weighted by Gasteiger charge is -2.38. The van der Waals surface area contributed by atoms with Crippen LogP contribution in [0.15, 0.2) is 18.3 Å². The fraction of sp³-hybridized carbons (Fsp3) is 0.688. The van der Waals surface area contributed by atoms with E-state index in [9.17, 15) is 5.11 Å². The van der Waals surface area contributed by atoms with Gasteiger partial charge in [-0.15, -0.1) is 0 Å². The summed E-state index contributed by atoms with van der Waals surface area (Å²) in [6.45, 7) is 2.82. The van der Waals surface area contributed by atoms with Crippen molar-refractivity contribution in [2.45, 2.75) is 49.9 Å². The van der Waals surface area contributed by atoms with Crippen LogP contribution < -0.4 is 0 Å². The normalized spacial score (nSPS) is 34.8. The molecule has 0 aromatic carbocycles. The van der Waals surface area contributed by atoms with E-state index in [1.54, 1.807) is 0 Å². The van der Waals surface area contributed by atoms with Gasteiger partial charge in [0.25, 0.3) is 0 Å². The Kier molecular flexibility index (Phi) is 3.25. The number of fused-ring (bicyclic) bond motifs is 2. The quantitative estimate of drug-likeness (QED) is 0.884. The summed E-state index contributed by atoms with van der Waals surface area (Å²) in [7, 11) is 0. The van der Waals surface area contributed by atoms with Crippen LogP contribution >= 0.6 is 0 Å². The Balaban J connectivity index is 1.49. The summed E-state index contributed by atoms with van der Waals surface area (Å²) < 4.78 is 5.96. The second-order valence-corrected chi connectivity index (χ2v) is 6.35. The van der Waals surface area contributed by atoms with Gasteiger partial charge in [-0.1, -0.05) is 6.07 Å². The highest BCUT2D eigenvalue weighted by Crippen LogP contribution is 2.36. The molecular formula is C16H22N2O2. The van der Waals surface area contributed by atoms with Gasteiger partial charge in [0, 0.05) is 30.4 Å². The van der Waals surface area contributed by atoms with E-state index < -0.39 is 6.10 Å². The van der Waals surface area contributed by atoms with Crippen molar-refractivity contribution in [3.05, 3.63) is 29.6 Å². The molecule has 0 saturated carbocycles. The van der Waals surface area contributed by atoms with Crippen LogP contribution in [0, 0.1) is 0 Å². The highest BCUT2D eigenvalue weighted by Gasteiger charge is 2.40. The Labute approximate surface area is 119 Å². The number of hydrogen-bond donors (Lipinski definition) is 1. The fourth-order valence-corrected chi connectivity index (χ4v) is 4.08. The Morgan fingerprint density at radius 2 is 2.35 bits per heavy atom. The Hall–Kier alpha value is -0.970. The lowest BCUT2D eigenvalue weighted by atomic mass is 9.94. The summed E-state index contributed by atoms with van der Waals surface area (Å²) >= 11 is 0. The molecule has 1 aliphatic carbocycles. The van der Waals surface area contributed by atoms with Gasteiger partial charge in [0.15, 0.2) is 0 Å². The van der Waals surface area contributed by atoms with Crippen molar-refractivity contribution >= 4 is 0 Å². The molecule has 4 heteroatoms. The first-order valence-electron chi connectivity index (χ1n) is 7.80. The van der Waals surface area contributed by atoms with Crippen molar-refractivity contribution in [3.8, 4) is 0 Å². The molecule has 1 aromatic rings. The van der Waals surface area contributed by atoms with E-state index in [1.807, 2.05) is 12.3 Å². The van der Waals surface area contributed by atoms with Gasteiger partial charge in [-0.25, -0.2) is 0 Å². The number of hydrogen-bond acceptors (Lipinski definition) is 4. The van der Waals surface area contributed by atoms with Gasteiger partial charge in [0.05, 0.1) is 18.8 Å². The lowest BCUT2D eigenvalue weighted by molar-refractivity contribution is -0.109. The molecule has 4 rings (SSSR count). The largest absolute Gasteiger partial charge is 0.390 e. The summed E-state index contributed by atoms with van der Waals surface area (Å²) in [5.74, 6) is 0.148. The summed E-state index contributed by atoms with van der Waals surface area (Å²) in [5, 5.41) is 10.7. The monoisotopic (exact) mass is 274 g/mol. The van der Waals surface area contributed by atoms with Crippen molar-refractivity contribution in [1.82, 2.24) is 9.88 Å².